The number of pyridine rings is 1. The molecule has 0 spiro atoms. The van der Waals surface area contributed by atoms with Crippen molar-refractivity contribution >= 4 is 22.8 Å². The van der Waals surface area contributed by atoms with Gasteiger partial charge in [-0.2, -0.15) is 0 Å². The predicted molar refractivity (Wildman–Crippen MR) is 104 cm³/mol. The first kappa shape index (κ1) is 17.7. The molecule has 7 heteroatoms. The molecule has 3 saturated heterocycles. The number of hydrogen-bond donors (Lipinski definition) is 1. The van der Waals surface area contributed by atoms with E-state index in [1.54, 1.807) is 18.3 Å². The molecular weight excluding hydrogens is 356 g/mol. The molecule has 5 heterocycles. The number of rotatable bonds is 3. The van der Waals surface area contributed by atoms with Crippen LogP contribution in [-0.2, 0) is 0 Å². The maximum atomic E-state index is 12.7. The van der Waals surface area contributed by atoms with E-state index in [1.165, 1.54) is 12.8 Å². The molecule has 2 aromatic rings. The van der Waals surface area contributed by atoms with Crippen LogP contribution in [0.5, 0.6) is 0 Å². The number of likely N-dealkylation sites (tertiary alicyclic amines) is 1. The summed E-state index contributed by atoms with van der Waals surface area (Å²) < 4.78 is 5.79. The number of carbonyl (C=O) groups is 2. The fourth-order valence-corrected chi connectivity index (χ4v) is 4.84. The molecule has 3 aliphatic rings. The Morgan fingerprint density at radius 2 is 1.96 bits per heavy atom. The van der Waals surface area contributed by atoms with Crippen LogP contribution in [0.15, 0.2) is 22.7 Å². The number of carbonyl (C=O) groups excluding carboxylic acids is 2. The topological polar surface area (TPSA) is 78.7 Å². The highest BCUT2D eigenvalue weighted by Gasteiger charge is 2.33. The van der Waals surface area contributed by atoms with Crippen LogP contribution in [0.25, 0.3) is 11.0 Å². The van der Waals surface area contributed by atoms with E-state index in [2.05, 4.69) is 15.2 Å². The van der Waals surface area contributed by atoms with Crippen LogP contribution >= 0.6 is 0 Å². The number of furan rings is 1. The van der Waals surface area contributed by atoms with Gasteiger partial charge in [-0.05, 0) is 50.6 Å². The van der Waals surface area contributed by atoms with Gasteiger partial charge >= 0.3 is 0 Å². The highest BCUT2D eigenvalue weighted by molar-refractivity contribution is 5.98. The minimum Gasteiger partial charge on any atom is -0.451 e. The molecule has 1 unspecified atom stereocenters. The van der Waals surface area contributed by atoms with E-state index >= 15 is 0 Å². The second kappa shape index (κ2) is 7.20. The summed E-state index contributed by atoms with van der Waals surface area (Å²) in [6, 6.07) is 3.56. The van der Waals surface area contributed by atoms with Crippen LogP contribution in [-0.4, -0.2) is 65.4 Å². The molecular formula is C21H26N4O3. The summed E-state index contributed by atoms with van der Waals surface area (Å²) in [6.07, 6.45) is 7.14. The molecule has 1 N–H and O–H groups in total. The van der Waals surface area contributed by atoms with Gasteiger partial charge in [0.1, 0.15) is 11.3 Å². The molecule has 148 valence electrons. The maximum absolute atomic E-state index is 12.7. The zero-order valence-corrected chi connectivity index (χ0v) is 16.0. The number of aromatic nitrogens is 1. The molecule has 0 aliphatic carbocycles. The van der Waals surface area contributed by atoms with Gasteiger partial charge in [0, 0.05) is 49.9 Å². The molecule has 0 radical (unpaired) electrons. The number of fused-ring (bicyclic) bond motifs is 3. The minimum atomic E-state index is -0.172. The minimum absolute atomic E-state index is 0.0753. The zero-order chi connectivity index (χ0) is 19.1. The second-order valence-corrected chi connectivity index (χ2v) is 8.39. The molecule has 3 fully saturated rings. The van der Waals surface area contributed by atoms with Gasteiger partial charge in [-0.3, -0.25) is 14.6 Å². The van der Waals surface area contributed by atoms with Crippen LogP contribution in [0.3, 0.4) is 0 Å². The number of amides is 2. The monoisotopic (exact) mass is 382 g/mol. The number of nitrogens with one attached hydrogen (secondary N) is 1. The van der Waals surface area contributed by atoms with Gasteiger partial charge in [-0.1, -0.05) is 0 Å². The third kappa shape index (κ3) is 3.39. The Balaban J connectivity index is 1.30. The highest BCUT2D eigenvalue weighted by atomic mass is 16.3. The van der Waals surface area contributed by atoms with Crippen molar-refractivity contribution in [3.8, 4) is 0 Å². The molecule has 7 nitrogen and oxygen atoms in total. The van der Waals surface area contributed by atoms with E-state index in [4.69, 9.17) is 4.42 Å². The number of piperidine rings is 2. The SMILES string of the molecule is O=C(N[C@@H]1C[C@@H]2CCN(C2)C1)c1cc2oc(C(=O)N3CCCCC3)cc2cn1. The van der Waals surface area contributed by atoms with Gasteiger partial charge < -0.3 is 19.5 Å². The maximum Gasteiger partial charge on any atom is 0.289 e. The van der Waals surface area contributed by atoms with Gasteiger partial charge in [0.15, 0.2) is 5.76 Å². The molecule has 0 saturated carbocycles. The van der Waals surface area contributed by atoms with E-state index in [0.717, 1.165) is 57.4 Å². The Kier molecular flexibility index (Phi) is 4.55. The first-order valence-corrected chi connectivity index (χ1v) is 10.4. The van der Waals surface area contributed by atoms with E-state index in [0.29, 0.717) is 23.0 Å². The van der Waals surface area contributed by atoms with Crippen molar-refractivity contribution in [2.24, 2.45) is 5.92 Å². The Bertz CT molecular complexity index is 890. The van der Waals surface area contributed by atoms with Crippen molar-refractivity contribution in [3.63, 3.8) is 0 Å². The van der Waals surface area contributed by atoms with Crippen LogP contribution in [0.4, 0.5) is 0 Å². The van der Waals surface area contributed by atoms with Gasteiger partial charge in [0.25, 0.3) is 11.8 Å². The Morgan fingerprint density at radius 3 is 2.79 bits per heavy atom. The normalized spacial score (nSPS) is 27.1. The third-order valence-corrected chi connectivity index (χ3v) is 6.29. The first-order valence-electron chi connectivity index (χ1n) is 10.4. The lowest BCUT2D eigenvalue weighted by molar-refractivity contribution is 0.0694. The van der Waals surface area contributed by atoms with E-state index in [-0.39, 0.29) is 17.9 Å². The predicted octanol–water partition coefficient (Wildman–Crippen LogP) is 2.28. The summed E-state index contributed by atoms with van der Waals surface area (Å²) in [5, 5.41) is 3.87. The summed E-state index contributed by atoms with van der Waals surface area (Å²) in [7, 11) is 0. The summed E-state index contributed by atoms with van der Waals surface area (Å²) in [4.78, 5) is 33.9. The standard InChI is InChI=1S/C21H26N4O3/c26-20(23-16-8-14-4-7-24(12-14)13-16)17-10-18-15(11-22-17)9-19(28-18)21(27)25-5-2-1-3-6-25/h9-11,14,16H,1-8,12-13H2,(H,23,26)/t14-,16+/m0/s1. The summed E-state index contributed by atoms with van der Waals surface area (Å²) >= 11 is 0. The smallest absolute Gasteiger partial charge is 0.289 e. The average Bonchev–Trinajstić information content (AvgIpc) is 3.30. The first-order chi connectivity index (χ1) is 13.7. The summed E-state index contributed by atoms with van der Waals surface area (Å²) in [5.41, 5.74) is 0.875. The van der Waals surface area contributed by atoms with Gasteiger partial charge in [-0.15, -0.1) is 0 Å². The lowest BCUT2D eigenvalue weighted by Crippen LogP contribution is -2.47. The molecule has 28 heavy (non-hydrogen) atoms. The quantitative estimate of drug-likeness (QED) is 0.881. The Morgan fingerprint density at radius 1 is 1.11 bits per heavy atom. The van der Waals surface area contributed by atoms with Crippen molar-refractivity contribution < 1.29 is 14.0 Å². The Hall–Kier alpha value is -2.41. The fraction of sp³-hybridized carbons (Fsp3) is 0.571. The van der Waals surface area contributed by atoms with Crippen molar-refractivity contribution in [3.05, 3.63) is 29.8 Å². The van der Waals surface area contributed by atoms with Crippen LogP contribution < -0.4 is 5.32 Å². The lowest BCUT2D eigenvalue weighted by atomic mass is 9.97. The molecule has 3 aliphatic heterocycles. The van der Waals surface area contributed by atoms with Crippen molar-refractivity contribution in [1.82, 2.24) is 20.1 Å². The fourth-order valence-electron chi connectivity index (χ4n) is 4.84. The van der Waals surface area contributed by atoms with Gasteiger partial charge in [-0.25, -0.2) is 0 Å². The van der Waals surface area contributed by atoms with E-state index < -0.39 is 0 Å². The lowest BCUT2D eigenvalue weighted by Gasteiger charge is -2.30. The van der Waals surface area contributed by atoms with Crippen LogP contribution in [0.2, 0.25) is 0 Å². The molecule has 0 aromatic carbocycles. The second-order valence-electron chi connectivity index (χ2n) is 8.39. The van der Waals surface area contributed by atoms with E-state index in [9.17, 15) is 9.59 Å². The van der Waals surface area contributed by atoms with E-state index in [1.807, 2.05) is 4.90 Å². The van der Waals surface area contributed by atoms with Crippen LogP contribution in [0, 0.1) is 5.92 Å². The molecule has 2 bridgehead atoms. The zero-order valence-electron chi connectivity index (χ0n) is 16.0. The van der Waals surface area contributed by atoms with Crippen molar-refractivity contribution in [1.29, 1.82) is 0 Å². The van der Waals surface area contributed by atoms with Crippen molar-refractivity contribution in [2.75, 3.05) is 32.7 Å². The largest absolute Gasteiger partial charge is 0.451 e. The number of nitrogens with zero attached hydrogens (tertiary/aromatic N) is 3. The summed E-state index contributed by atoms with van der Waals surface area (Å²) in [6.45, 7) is 4.78. The van der Waals surface area contributed by atoms with Gasteiger partial charge in [0.05, 0.1) is 0 Å². The van der Waals surface area contributed by atoms with Crippen molar-refractivity contribution in [2.45, 2.75) is 38.1 Å². The highest BCUT2D eigenvalue weighted by Crippen LogP contribution is 2.27. The summed E-state index contributed by atoms with van der Waals surface area (Å²) in [5.74, 6) is 0.777. The molecule has 5 rings (SSSR count). The molecule has 2 aromatic heterocycles. The molecule has 2 amide bonds. The Labute approximate surface area is 164 Å². The average molecular weight is 382 g/mol. The van der Waals surface area contributed by atoms with Crippen LogP contribution in [0.1, 0.15) is 53.1 Å². The third-order valence-electron chi connectivity index (χ3n) is 6.29. The molecule has 3 atom stereocenters. The van der Waals surface area contributed by atoms with Gasteiger partial charge in [0.2, 0.25) is 0 Å². The number of hydrogen-bond acceptors (Lipinski definition) is 5.